The van der Waals surface area contributed by atoms with Crippen LogP contribution in [0.5, 0.6) is 5.75 Å². The predicted molar refractivity (Wildman–Crippen MR) is 122 cm³/mol. The van der Waals surface area contributed by atoms with E-state index in [0.717, 1.165) is 62.7 Å². The minimum absolute atomic E-state index is 0.117. The summed E-state index contributed by atoms with van der Waals surface area (Å²) in [5, 5.41) is 11.2. The number of hydrogen-bond acceptors (Lipinski definition) is 6. The summed E-state index contributed by atoms with van der Waals surface area (Å²) in [4.78, 5) is 14.5. The van der Waals surface area contributed by atoms with Gasteiger partial charge in [0.2, 0.25) is 5.75 Å². The Bertz CT molecular complexity index is 1020. The highest BCUT2D eigenvalue weighted by Gasteiger charge is 2.36. The number of hydrogen-bond donors (Lipinski definition) is 0. The molecule has 168 valence electrons. The van der Waals surface area contributed by atoms with E-state index in [-0.39, 0.29) is 24.5 Å². The van der Waals surface area contributed by atoms with Crippen molar-refractivity contribution in [3.8, 4) is 17.6 Å². The summed E-state index contributed by atoms with van der Waals surface area (Å²) in [6, 6.07) is 9.23. The van der Waals surface area contributed by atoms with E-state index in [4.69, 9.17) is 14.2 Å². The minimum Gasteiger partial charge on any atom is -0.481 e. The topological polar surface area (TPSA) is 83.7 Å². The van der Waals surface area contributed by atoms with Gasteiger partial charge in [0.25, 0.3) is 0 Å². The molecule has 0 bridgehead atoms. The van der Waals surface area contributed by atoms with Crippen LogP contribution >= 0.6 is 15.9 Å². The molecular weight excluding hydrogens is 476 g/mol. The molecule has 1 atom stereocenters. The molecule has 2 fully saturated rings. The lowest BCUT2D eigenvalue weighted by Crippen LogP contribution is -2.35. The Labute approximate surface area is 195 Å². The van der Waals surface area contributed by atoms with Crippen molar-refractivity contribution in [2.75, 3.05) is 6.61 Å². The van der Waals surface area contributed by atoms with Crippen LogP contribution < -0.4 is 4.74 Å². The van der Waals surface area contributed by atoms with Crippen LogP contribution in [0.3, 0.4) is 0 Å². The number of nitro groups is 1. The van der Waals surface area contributed by atoms with Crippen LogP contribution in [0.15, 0.2) is 41.0 Å². The van der Waals surface area contributed by atoms with E-state index in [2.05, 4.69) is 32.8 Å². The lowest BCUT2D eigenvalue weighted by molar-refractivity contribution is -0.390. The number of ether oxygens (including phenoxy) is 3. The molecule has 1 aromatic carbocycles. The number of halogens is 1. The molecule has 1 saturated heterocycles. The van der Waals surface area contributed by atoms with Gasteiger partial charge in [0.05, 0.1) is 4.47 Å². The zero-order chi connectivity index (χ0) is 22.4. The first kappa shape index (κ1) is 22.7. The first-order valence-corrected chi connectivity index (χ1v) is 11.7. The van der Waals surface area contributed by atoms with Crippen molar-refractivity contribution in [3.63, 3.8) is 0 Å². The van der Waals surface area contributed by atoms with E-state index in [0.29, 0.717) is 4.47 Å². The molecule has 8 heteroatoms. The average Bonchev–Trinajstić information content (AvgIpc) is 3.26. The van der Waals surface area contributed by atoms with Crippen LogP contribution in [-0.2, 0) is 16.1 Å². The molecule has 0 N–H and O–H groups in total. The number of pyridine rings is 1. The van der Waals surface area contributed by atoms with Gasteiger partial charge in [0.15, 0.2) is 12.5 Å². The molecule has 0 radical (unpaired) electrons. The lowest BCUT2D eigenvalue weighted by atomic mass is 10.0. The fraction of sp³-hybridized carbons (Fsp3) is 0.458. The summed E-state index contributed by atoms with van der Waals surface area (Å²) >= 11 is 3.27. The van der Waals surface area contributed by atoms with E-state index in [9.17, 15) is 10.1 Å². The molecule has 1 aromatic heterocycles. The quantitative estimate of drug-likeness (QED) is 0.294. The Kier molecular flexibility index (Phi) is 7.40. The highest BCUT2D eigenvalue weighted by atomic mass is 79.9. The molecule has 2 aliphatic rings. The van der Waals surface area contributed by atoms with Crippen molar-refractivity contribution >= 4 is 21.7 Å². The molecule has 1 aliphatic heterocycles. The molecule has 1 unspecified atom stereocenters. The zero-order valence-electron chi connectivity index (χ0n) is 17.7. The fourth-order valence-electron chi connectivity index (χ4n) is 4.02. The number of benzene rings is 1. The molecule has 4 rings (SSSR count). The summed E-state index contributed by atoms with van der Waals surface area (Å²) in [6.45, 7) is 0.925. The van der Waals surface area contributed by atoms with Crippen LogP contribution in [0.2, 0.25) is 0 Å². The maximum Gasteiger partial charge on any atom is 0.406 e. The average molecular weight is 501 g/mol. The van der Waals surface area contributed by atoms with Crippen LogP contribution in [-0.4, -0.2) is 28.4 Å². The summed E-state index contributed by atoms with van der Waals surface area (Å²) in [7, 11) is 0. The maximum absolute atomic E-state index is 11.2. The lowest BCUT2D eigenvalue weighted by Gasteiger charge is -2.31. The second-order valence-corrected chi connectivity index (χ2v) is 9.00. The first-order chi connectivity index (χ1) is 15.5. The van der Waals surface area contributed by atoms with Gasteiger partial charge in [-0.15, -0.1) is 0 Å². The van der Waals surface area contributed by atoms with Crippen molar-refractivity contribution in [1.82, 2.24) is 4.98 Å². The minimum atomic E-state index is -0.555. The second kappa shape index (κ2) is 10.4. The standard InChI is InChI=1S/C24H25BrN2O5/c25-20-15-21(23(26-16-20)27(28)29)31-17-19-7-5-6-18(14-19)9-12-24(10-2-3-11-24)32-22-8-1-4-13-30-22/h5-7,14-16,22H,1-4,8,10-11,13,17H2. The van der Waals surface area contributed by atoms with Gasteiger partial charge < -0.3 is 24.3 Å². The SMILES string of the molecule is O=[N+]([O-])c1ncc(Br)cc1OCc1cccc(C#CC2(OC3CCCCO3)CCCC2)c1. The summed E-state index contributed by atoms with van der Waals surface area (Å²) < 4.78 is 18.4. The zero-order valence-corrected chi connectivity index (χ0v) is 19.3. The van der Waals surface area contributed by atoms with Gasteiger partial charge in [-0.05, 0) is 88.5 Å². The summed E-state index contributed by atoms with van der Waals surface area (Å²) in [5.74, 6) is 6.48. The van der Waals surface area contributed by atoms with Crippen molar-refractivity contribution in [3.05, 3.63) is 62.2 Å². The smallest absolute Gasteiger partial charge is 0.406 e. The van der Waals surface area contributed by atoms with E-state index in [1.54, 1.807) is 6.07 Å². The van der Waals surface area contributed by atoms with E-state index >= 15 is 0 Å². The number of nitrogens with zero attached hydrogens (tertiary/aromatic N) is 2. The van der Waals surface area contributed by atoms with Gasteiger partial charge in [-0.2, -0.15) is 0 Å². The summed E-state index contributed by atoms with van der Waals surface area (Å²) in [5.41, 5.74) is 1.27. The van der Waals surface area contributed by atoms with Gasteiger partial charge in [0.1, 0.15) is 12.2 Å². The fourth-order valence-corrected chi connectivity index (χ4v) is 4.33. The van der Waals surface area contributed by atoms with Gasteiger partial charge in [0, 0.05) is 18.2 Å². The Morgan fingerprint density at radius 1 is 1.25 bits per heavy atom. The van der Waals surface area contributed by atoms with Crippen LogP contribution in [0.25, 0.3) is 0 Å². The Morgan fingerprint density at radius 3 is 2.84 bits per heavy atom. The summed E-state index contributed by atoms with van der Waals surface area (Å²) in [6.07, 6.45) is 8.40. The van der Waals surface area contributed by atoms with Gasteiger partial charge in [-0.25, -0.2) is 0 Å². The molecule has 0 amide bonds. The van der Waals surface area contributed by atoms with Gasteiger partial charge in [-0.3, -0.25) is 0 Å². The molecule has 1 aliphatic carbocycles. The van der Waals surface area contributed by atoms with Gasteiger partial charge in [-0.1, -0.05) is 24.0 Å². The highest BCUT2D eigenvalue weighted by molar-refractivity contribution is 9.10. The molecule has 2 heterocycles. The van der Waals surface area contributed by atoms with Crippen LogP contribution in [0.4, 0.5) is 5.82 Å². The second-order valence-electron chi connectivity index (χ2n) is 8.09. The molecule has 2 aromatic rings. The largest absolute Gasteiger partial charge is 0.481 e. The molecule has 0 spiro atoms. The van der Waals surface area contributed by atoms with Crippen molar-refractivity contribution in [2.45, 2.75) is 63.4 Å². The van der Waals surface area contributed by atoms with E-state index < -0.39 is 10.5 Å². The predicted octanol–water partition coefficient (Wildman–Crippen LogP) is 5.54. The van der Waals surface area contributed by atoms with E-state index in [1.807, 2.05) is 24.3 Å². The van der Waals surface area contributed by atoms with Crippen molar-refractivity contribution < 1.29 is 19.1 Å². The first-order valence-electron chi connectivity index (χ1n) is 10.9. The molecule has 7 nitrogen and oxygen atoms in total. The van der Waals surface area contributed by atoms with Crippen molar-refractivity contribution in [2.24, 2.45) is 0 Å². The van der Waals surface area contributed by atoms with Crippen LogP contribution in [0, 0.1) is 22.0 Å². The molecule has 32 heavy (non-hydrogen) atoms. The monoisotopic (exact) mass is 500 g/mol. The third kappa shape index (κ3) is 5.85. The highest BCUT2D eigenvalue weighted by Crippen LogP contribution is 2.35. The van der Waals surface area contributed by atoms with Crippen molar-refractivity contribution in [1.29, 1.82) is 0 Å². The maximum atomic E-state index is 11.2. The molecule has 1 saturated carbocycles. The third-order valence-corrected chi connectivity index (χ3v) is 6.07. The normalized spacial score (nSPS) is 19.7. The third-order valence-electron chi connectivity index (χ3n) is 5.63. The van der Waals surface area contributed by atoms with Crippen LogP contribution in [0.1, 0.15) is 56.1 Å². The van der Waals surface area contributed by atoms with E-state index in [1.165, 1.54) is 6.20 Å². The Hall–Kier alpha value is -2.47. The Balaban J connectivity index is 1.46. The number of rotatable bonds is 6. The Morgan fingerprint density at radius 2 is 2.09 bits per heavy atom. The molecular formula is C24H25BrN2O5. The number of aromatic nitrogens is 1. The van der Waals surface area contributed by atoms with Gasteiger partial charge >= 0.3 is 5.82 Å².